The number of rotatable bonds is 13. The van der Waals surface area contributed by atoms with Gasteiger partial charge in [-0.1, -0.05) is 62.0 Å². The average molecular weight is 647 g/mol. The quantitative estimate of drug-likeness (QED) is 0.0848. The normalized spacial score (nSPS) is 11.1. The van der Waals surface area contributed by atoms with Crippen LogP contribution in [-0.4, -0.2) is 36.2 Å². The van der Waals surface area contributed by atoms with E-state index in [1.807, 2.05) is 55.4 Å². The summed E-state index contributed by atoms with van der Waals surface area (Å²) in [5, 5.41) is 10.9. The van der Waals surface area contributed by atoms with Crippen molar-refractivity contribution in [3.63, 3.8) is 0 Å². The molecule has 8 nitrogen and oxygen atoms in total. The number of aromatic hydroxyl groups is 1. The molecule has 1 N–H and O–H groups in total. The van der Waals surface area contributed by atoms with Gasteiger partial charge in [-0.05, 0) is 97.2 Å². The van der Waals surface area contributed by atoms with Crippen molar-refractivity contribution in [3.8, 4) is 23.0 Å². The van der Waals surface area contributed by atoms with Gasteiger partial charge >= 0.3 is 17.9 Å². The third kappa shape index (κ3) is 12.3. The number of esters is 3. The monoisotopic (exact) mass is 646 g/mol. The first-order valence-corrected chi connectivity index (χ1v) is 16.1. The lowest BCUT2D eigenvalue weighted by Gasteiger charge is -2.27. The van der Waals surface area contributed by atoms with E-state index in [9.17, 15) is 19.5 Å². The van der Waals surface area contributed by atoms with Gasteiger partial charge in [0, 0.05) is 17.2 Å². The van der Waals surface area contributed by atoms with E-state index in [1.165, 1.54) is 0 Å². The summed E-state index contributed by atoms with van der Waals surface area (Å²) in [6, 6.07) is 16.3. The fourth-order valence-electron chi connectivity index (χ4n) is 4.47. The van der Waals surface area contributed by atoms with Crippen LogP contribution in [0.25, 0.3) is 0 Å². The molecule has 0 bridgehead atoms. The molecule has 0 radical (unpaired) electrons. The molecule has 0 fully saturated rings. The molecule has 0 saturated heterocycles. The van der Waals surface area contributed by atoms with Crippen LogP contribution in [0.15, 0.2) is 73.3 Å². The molecule has 3 aromatic carbocycles. The maximum absolute atomic E-state index is 13.1. The topological polar surface area (TPSA) is 108 Å². The summed E-state index contributed by atoms with van der Waals surface area (Å²) in [6.45, 7) is 20.2. The van der Waals surface area contributed by atoms with Gasteiger partial charge in [0.1, 0.15) is 23.0 Å². The Labute approximate surface area is 279 Å². The summed E-state index contributed by atoms with van der Waals surface area (Å²) in [5.41, 5.74) is 1.28. The number of carbonyl (C=O) groups is 3. The van der Waals surface area contributed by atoms with Crippen LogP contribution in [0.5, 0.6) is 23.0 Å². The second-order valence-electron chi connectivity index (χ2n) is 12.8. The van der Waals surface area contributed by atoms with Crippen molar-refractivity contribution in [2.45, 2.75) is 91.9 Å². The second-order valence-corrected chi connectivity index (χ2v) is 12.8. The fraction of sp³-hybridized carbons (Fsp3) is 0.410. The molecule has 47 heavy (non-hydrogen) atoms. The average Bonchev–Trinajstić information content (AvgIpc) is 3.03. The summed E-state index contributed by atoms with van der Waals surface area (Å²) in [6.07, 6.45) is 4.68. The van der Waals surface area contributed by atoms with Crippen molar-refractivity contribution >= 4 is 17.9 Å². The molecule has 0 saturated carbocycles. The second kappa shape index (κ2) is 17.9. The van der Waals surface area contributed by atoms with E-state index in [4.69, 9.17) is 18.9 Å². The van der Waals surface area contributed by atoms with Crippen LogP contribution >= 0.6 is 0 Å². The maximum Gasteiger partial charge on any atom is 0.343 e. The molecule has 0 aliphatic carbocycles. The number of phenolic OH excluding ortho intramolecular Hbond substituents is 1. The molecule has 0 aliphatic heterocycles. The minimum atomic E-state index is -0.551. The van der Waals surface area contributed by atoms with Crippen LogP contribution in [0.1, 0.15) is 113 Å². The molecule has 8 heteroatoms. The maximum atomic E-state index is 13.1. The number of ether oxygens (including phenoxy) is 4. The first-order valence-electron chi connectivity index (χ1n) is 16.1. The highest BCUT2D eigenvalue weighted by Crippen LogP contribution is 2.40. The molecule has 0 aromatic heterocycles. The van der Waals surface area contributed by atoms with Crippen molar-refractivity contribution in [1.29, 1.82) is 0 Å². The predicted molar refractivity (Wildman–Crippen MR) is 185 cm³/mol. The third-order valence-electron chi connectivity index (χ3n) is 7.01. The SMILES string of the molecule is C=CC(=O)OCCCCCCOc1ccc(C(=O)Oc2ccc(OC(=O)c3cc(C(C)(C)C)c(O)c(C(C)(C)C)c3)cc2)cc1.CC. The van der Waals surface area contributed by atoms with Crippen molar-refractivity contribution in [3.05, 3.63) is 95.6 Å². The molecular formula is C39H50O8. The Bertz CT molecular complexity index is 1440. The van der Waals surface area contributed by atoms with Gasteiger partial charge in [-0.15, -0.1) is 0 Å². The number of phenols is 1. The summed E-state index contributed by atoms with van der Waals surface area (Å²) in [4.78, 5) is 36.8. The Kier molecular flexibility index (Phi) is 14.7. The molecule has 0 amide bonds. The number of carbonyl (C=O) groups excluding carboxylic acids is 3. The lowest BCUT2D eigenvalue weighted by Crippen LogP contribution is -2.20. The molecule has 0 unspecified atom stereocenters. The molecule has 3 rings (SSSR count). The highest BCUT2D eigenvalue weighted by atomic mass is 16.5. The van der Waals surface area contributed by atoms with Gasteiger partial charge in [0.15, 0.2) is 0 Å². The smallest absolute Gasteiger partial charge is 0.343 e. The molecule has 0 spiro atoms. The zero-order valence-electron chi connectivity index (χ0n) is 29.1. The largest absolute Gasteiger partial charge is 0.507 e. The van der Waals surface area contributed by atoms with E-state index in [1.54, 1.807) is 60.7 Å². The number of benzene rings is 3. The first-order chi connectivity index (χ1) is 22.2. The van der Waals surface area contributed by atoms with E-state index >= 15 is 0 Å². The van der Waals surface area contributed by atoms with Gasteiger partial charge < -0.3 is 24.1 Å². The summed E-state index contributed by atoms with van der Waals surface area (Å²) in [7, 11) is 0. The van der Waals surface area contributed by atoms with E-state index in [2.05, 4.69) is 6.58 Å². The zero-order valence-corrected chi connectivity index (χ0v) is 29.1. The fourth-order valence-corrected chi connectivity index (χ4v) is 4.47. The van der Waals surface area contributed by atoms with Gasteiger partial charge in [0.2, 0.25) is 0 Å². The van der Waals surface area contributed by atoms with Crippen LogP contribution in [0.4, 0.5) is 0 Å². The van der Waals surface area contributed by atoms with E-state index in [-0.39, 0.29) is 16.6 Å². The molecule has 0 atom stereocenters. The molecule has 0 heterocycles. The standard InChI is InChI=1S/C37H44O8.C2H6/c1-8-32(38)43-22-12-10-9-11-21-42-27-15-13-25(14-16-27)34(40)44-28-17-19-29(20-18-28)45-35(41)26-23-30(36(2,3)4)33(39)31(24-26)37(5,6)7;1-2/h8,13-20,23-24,39H,1,9-12,21-22H2,2-7H3;1-2H3. The Balaban J connectivity index is 0.00000376. The molecular weight excluding hydrogens is 596 g/mol. The lowest BCUT2D eigenvalue weighted by atomic mass is 9.78. The third-order valence-corrected chi connectivity index (χ3v) is 7.01. The predicted octanol–water partition coefficient (Wildman–Crippen LogP) is 9.12. The Morgan fingerprint density at radius 3 is 1.53 bits per heavy atom. The molecule has 0 aliphatic rings. The van der Waals surface area contributed by atoms with Crippen molar-refractivity contribution < 1.29 is 38.4 Å². The van der Waals surface area contributed by atoms with Gasteiger partial charge in [0.05, 0.1) is 24.3 Å². The van der Waals surface area contributed by atoms with Crippen LogP contribution in [0.3, 0.4) is 0 Å². The van der Waals surface area contributed by atoms with E-state index < -0.39 is 17.9 Å². The summed E-state index contributed by atoms with van der Waals surface area (Å²) < 4.78 is 21.8. The van der Waals surface area contributed by atoms with Crippen LogP contribution in [-0.2, 0) is 20.4 Å². The highest BCUT2D eigenvalue weighted by molar-refractivity contribution is 5.92. The Morgan fingerprint density at radius 2 is 1.09 bits per heavy atom. The first kappa shape index (κ1) is 38.6. The van der Waals surface area contributed by atoms with Crippen molar-refractivity contribution in [1.82, 2.24) is 0 Å². The highest BCUT2D eigenvalue weighted by Gasteiger charge is 2.28. The number of unbranched alkanes of at least 4 members (excludes halogenated alkanes) is 3. The lowest BCUT2D eigenvalue weighted by molar-refractivity contribution is -0.137. The summed E-state index contributed by atoms with van der Waals surface area (Å²) in [5.74, 6) is -0.0568. The summed E-state index contributed by atoms with van der Waals surface area (Å²) >= 11 is 0. The van der Waals surface area contributed by atoms with Crippen LogP contribution in [0, 0.1) is 0 Å². The molecule has 3 aromatic rings. The number of hydrogen-bond donors (Lipinski definition) is 1. The minimum Gasteiger partial charge on any atom is -0.507 e. The molecule has 254 valence electrons. The van der Waals surface area contributed by atoms with Crippen LogP contribution in [0.2, 0.25) is 0 Å². The van der Waals surface area contributed by atoms with Gasteiger partial charge in [-0.25, -0.2) is 14.4 Å². The van der Waals surface area contributed by atoms with Gasteiger partial charge in [-0.3, -0.25) is 0 Å². The van der Waals surface area contributed by atoms with Crippen molar-refractivity contribution in [2.24, 2.45) is 0 Å². The minimum absolute atomic E-state index is 0.189. The van der Waals surface area contributed by atoms with E-state index in [0.717, 1.165) is 31.8 Å². The van der Waals surface area contributed by atoms with Gasteiger partial charge in [-0.2, -0.15) is 0 Å². The van der Waals surface area contributed by atoms with Crippen molar-refractivity contribution in [2.75, 3.05) is 13.2 Å². The van der Waals surface area contributed by atoms with E-state index in [0.29, 0.717) is 52.7 Å². The zero-order chi connectivity index (χ0) is 35.2. The number of hydrogen-bond acceptors (Lipinski definition) is 8. The Morgan fingerprint density at radius 1 is 0.660 bits per heavy atom. The van der Waals surface area contributed by atoms with Crippen LogP contribution < -0.4 is 14.2 Å². The Hall–Kier alpha value is -4.59. The van der Waals surface area contributed by atoms with Gasteiger partial charge in [0.25, 0.3) is 0 Å².